The van der Waals surface area contributed by atoms with Gasteiger partial charge in [-0.1, -0.05) is 18.3 Å². The number of nitrogens with two attached hydrogens (primary N) is 1. The second-order valence-electron chi connectivity index (χ2n) is 4.15. The number of rotatable bonds is 5. The van der Waals surface area contributed by atoms with E-state index in [1.54, 1.807) is 6.20 Å². The fourth-order valence-electron chi connectivity index (χ4n) is 1.75. The van der Waals surface area contributed by atoms with Crippen LogP contribution >= 0.6 is 12.2 Å². The first-order valence-corrected chi connectivity index (χ1v) is 6.42. The zero-order valence-corrected chi connectivity index (χ0v) is 11.4. The molecule has 6 heteroatoms. The molecule has 0 bridgehead atoms. The molecule has 0 aliphatic carbocycles. The molecule has 3 N–H and O–H groups in total. The Hall–Kier alpha value is -2.08. The van der Waals surface area contributed by atoms with Crippen LogP contribution in [0.1, 0.15) is 11.3 Å². The van der Waals surface area contributed by atoms with Crippen LogP contribution in [0.2, 0.25) is 0 Å². The van der Waals surface area contributed by atoms with E-state index in [4.69, 9.17) is 5.73 Å². The maximum atomic E-state index is 13.8. The van der Waals surface area contributed by atoms with E-state index in [0.29, 0.717) is 13.0 Å². The summed E-state index contributed by atoms with van der Waals surface area (Å²) in [5, 5.41) is 2.83. The summed E-state index contributed by atoms with van der Waals surface area (Å²) >= 11 is 4.65. The maximum Gasteiger partial charge on any atom is 0.182 e. The van der Waals surface area contributed by atoms with Gasteiger partial charge in [0.25, 0.3) is 0 Å². The third kappa shape index (κ3) is 3.27. The van der Waals surface area contributed by atoms with E-state index in [2.05, 4.69) is 22.5 Å². The van der Waals surface area contributed by atoms with E-state index < -0.39 is 11.6 Å². The van der Waals surface area contributed by atoms with Crippen LogP contribution in [0.25, 0.3) is 0 Å². The second-order valence-corrected chi connectivity index (χ2v) is 4.59. The quantitative estimate of drug-likeness (QED) is 0.832. The fraction of sp³-hybridized carbons (Fsp3) is 0.143. The van der Waals surface area contributed by atoms with Gasteiger partial charge < -0.3 is 11.1 Å². The van der Waals surface area contributed by atoms with E-state index >= 15 is 0 Å². The number of hydrogen-bond acceptors (Lipinski definition) is 3. The summed E-state index contributed by atoms with van der Waals surface area (Å²) in [7, 11) is 0. The lowest BCUT2D eigenvalue weighted by Crippen LogP contribution is -2.14. The van der Waals surface area contributed by atoms with Gasteiger partial charge in [-0.15, -0.1) is 0 Å². The molecule has 0 atom stereocenters. The van der Waals surface area contributed by atoms with Gasteiger partial charge in [-0.05, 0) is 24.3 Å². The van der Waals surface area contributed by atoms with E-state index in [9.17, 15) is 8.78 Å². The van der Waals surface area contributed by atoms with Gasteiger partial charge in [0.1, 0.15) is 4.99 Å². The number of benzene rings is 1. The molecule has 0 saturated carbocycles. The molecule has 0 spiro atoms. The minimum Gasteiger partial charge on any atom is -0.389 e. The highest BCUT2D eigenvalue weighted by Crippen LogP contribution is 2.20. The summed E-state index contributed by atoms with van der Waals surface area (Å²) in [4.78, 5) is 3.98. The van der Waals surface area contributed by atoms with E-state index in [-0.39, 0.29) is 16.2 Å². The lowest BCUT2D eigenvalue weighted by Gasteiger charge is -2.10. The highest BCUT2D eigenvalue weighted by Gasteiger charge is 2.14. The van der Waals surface area contributed by atoms with E-state index in [1.165, 1.54) is 12.1 Å². The summed E-state index contributed by atoms with van der Waals surface area (Å²) in [5.41, 5.74) is 6.17. The Morgan fingerprint density at radius 3 is 2.65 bits per heavy atom. The average Bonchev–Trinajstić information content (AvgIpc) is 2.44. The van der Waals surface area contributed by atoms with Crippen molar-refractivity contribution in [3.63, 3.8) is 0 Å². The lowest BCUT2D eigenvalue weighted by molar-refractivity contribution is 0.509. The van der Waals surface area contributed by atoms with Gasteiger partial charge in [0, 0.05) is 30.4 Å². The number of nitrogens with zero attached hydrogens (tertiary/aromatic N) is 1. The van der Waals surface area contributed by atoms with Crippen LogP contribution in [0.4, 0.5) is 14.5 Å². The van der Waals surface area contributed by atoms with Crippen molar-refractivity contribution in [3.8, 4) is 0 Å². The van der Waals surface area contributed by atoms with Crippen LogP contribution in [-0.4, -0.2) is 16.5 Å². The van der Waals surface area contributed by atoms with Crippen molar-refractivity contribution in [3.05, 3.63) is 59.4 Å². The van der Waals surface area contributed by atoms with Gasteiger partial charge in [-0.25, -0.2) is 8.78 Å². The number of halogens is 2. The monoisotopic (exact) mass is 293 g/mol. The molecular weight excluding hydrogens is 280 g/mol. The molecule has 104 valence electrons. The third-order valence-corrected chi connectivity index (χ3v) is 2.99. The fourth-order valence-corrected chi connectivity index (χ4v) is 1.91. The normalized spacial score (nSPS) is 10.3. The van der Waals surface area contributed by atoms with Gasteiger partial charge in [0.2, 0.25) is 0 Å². The summed E-state index contributed by atoms with van der Waals surface area (Å²) < 4.78 is 27.4. The van der Waals surface area contributed by atoms with Gasteiger partial charge in [-0.2, -0.15) is 0 Å². The first-order chi connectivity index (χ1) is 9.59. The Morgan fingerprint density at radius 2 is 2.00 bits per heavy atom. The maximum absolute atomic E-state index is 13.8. The summed E-state index contributed by atoms with van der Waals surface area (Å²) in [6.07, 6.45) is 2.30. The van der Waals surface area contributed by atoms with Crippen LogP contribution in [0.3, 0.4) is 0 Å². The topological polar surface area (TPSA) is 50.9 Å². The molecule has 1 aromatic heterocycles. The Bertz CT molecular complexity index is 617. The minimum atomic E-state index is -1.03. The summed E-state index contributed by atoms with van der Waals surface area (Å²) in [6, 6.07) is 8.35. The van der Waals surface area contributed by atoms with E-state index in [0.717, 1.165) is 5.69 Å². The SMILES string of the molecule is NC(=S)c1ccc(NCCc2ccccn2)c(F)c1F. The van der Waals surface area contributed by atoms with Crippen molar-refractivity contribution in [2.24, 2.45) is 5.73 Å². The third-order valence-electron chi connectivity index (χ3n) is 2.77. The van der Waals surface area contributed by atoms with Crippen molar-refractivity contribution in [1.82, 2.24) is 4.98 Å². The molecule has 2 aromatic rings. The number of aromatic nitrogens is 1. The number of pyridine rings is 1. The molecule has 0 amide bonds. The Morgan fingerprint density at radius 1 is 1.20 bits per heavy atom. The van der Waals surface area contributed by atoms with Crippen LogP contribution in [0.15, 0.2) is 36.5 Å². The zero-order chi connectivity index (χ0) is 14.5. The highest BCUT2D eigenvalue weighted by atomic mass is 32.1. The average molecular weight is 293 g/mol. The molecule has 0 radical (unpaired) electrons. The molecule has 1 aromatic carbocycles. The van der Waals surface area contributed by atoms with Crippen LogP contribution < -0.4 is 11.1 Å². The molecule has 3 nitrogen and oxygen atoms in total. The largest absolute Gasteiger partial charge is 0.389 e. The van der Waals surface area contributed by atoms with Crippen molar-refractivity contribution < 1.29 is 8.78 Å². The molecule has 0 aliphatic rings. The van der Waals surface area contributed by atoms with Crippen LogP contribution in [-0.2, 0) is 6.42 Å². The van der Waals surface area contributed by atoms with Crippen molar-refractivity contribution >= 4 is 22.9 Å². The standard InChI is InChI=1S/C14H13F2N3S/c15-12-10(14(17)20)4-5-11(13(12)16)19-8-6-9-3-1-2-7-18-9/h1-5,7,19H,6,8H2,(H2,17,20). The van der Waals surface area contributed by atoms with Crippen molar-refractivity contribution in [2.75, 3.05) is 11.9 Å². The molecule has 0 unspecified atom stereocenters. The summed E-state index contributed by atoms with van der Waals surface area (Å²) in [5.74, 6) is -2.00. The van der Waals surface area contributed by atoms with Crippen molar-refractivity contribution in [2.45, 2.75) is 6.42 Å². The zero-order valence-electron chi connectivity index (χ0n) is 10.6. The molecule has 2 rings (SSSR count). The molecule has 20 heavy (non-hydrogen) atoms. The molecule has 0 fully saturated rings. The van der Waals surface area contributed by atoms with Gasteiger partial charge in [-0.3, -0.25) is 4.98 Å². The van der Waals surface area contributed by atoms with Gasteiger partial charge >= 0.3 is 0 Å². The summed E-state index contributed by atoms with van der Waals surface area (Å²) in [6.45, 7) is 0.444. The Balaban J connectivity index is 2.04. The number of thiocarbonyl (C=S) groups is 1. The lowest BCUT2D eigenvalue weighted by atomic mass is 10.1. The van der Waals surface area contributed by atoms with Gasteiger partial charge in [0.05, 0.1) is 5.69 Å². The molecule has 1 heterocycles. The van der Waals surface area contributed by atoms with Crippen LogP contribution in [0.5, 0.6) is 0 Å². The Labute approximate surface area is 120 Å². The first kappa shape index (κ1) is 14.3. The Kier molecular flexibility index (Phi) is 4.57. The second kappa shape index (κ2) is 6.38. The van der Waals surface area contributed by atoms with Crippen LogP contribution in [0, 0.1) is 11.6 Å². The van der Waals surface area contributed by atoms with Crippen molar-refractivity contribution in [1.29, 1.82) is 0 Å². The van der Waals surface area contributed by atoms with E-state index in [1.807, 2.05) is 18.2 Å². The predicted octanol–water partition coefficient (Wildman–Crippen LogP) is 2.65. The van der Waals surface area contributed by atoms with Gasteiger partial charge in [0.15, 0.2) is 11.6 Å². The predicted molar refractivity (Wildman–Crippen MR) is 78.7 cm³/mol. The highest BCUT2D eigenvalue weighted by molar-refractivity contribution is 7.80. The minimum absolute atomic E-state index is 0.0819. The number of hydrogen-bond donors (Lipinski definition) is 2. The molecule has 0 aliphatic heterocycles. The molecule has 0 saturated heterocycles. The number of nitrogens with one attached hydrogen (secondary N) is 1. The smallest absolute Gasteiger partial charge is 0.182 e. The molecular formula is C14H13F2N3S. The number of anilines is 1. The first-order valence-electron chi connectivity index (χ1n) is 6.01.